The van der Waals surface area contributed by atoms with Crippen molar-refractivity contribution in [3.05, 3.63) is 34.9 Å². The van der Waals surface area contributed by atoms with Crippen molar-refractivity contribution in [2.45, 2.75) is 25.8 Å². The van der Waals surface area contributed by atoms with Gasteiger partial charge in [0, 0.05) is 11.1 Å². The summed E-state index contributed by atoms with van der Waals surface area (Å²) in [6.45, 7) is 5.61. The molecule has 0 spiro atoms. The van der Waals surface area contributed by atoms with Crippen molar-refractivity contribution in [1.82, 2.24) is 10.6 Å². The molecule has 1 aromatic rings. The van der Waals surface area contributed by atoms with Crippen LogP contribution < -0.4 is 10.6 Å². The second kappa shape index (κ2) is 6.39. The monoisotopic (exact) mass is 252 g/mol. The van der Waals surface area contributed by atoms with E-state index in [1.807, 2.05) is 18.2 Å². The summed E-state index contributed by atoms with van der Waals surface area (Å²) in [7, 11) is 0. The minimum atomic E-state index is 0.371. The van der Waals surface area contributed by atoms with Gasteiger partial charge < -0.3 is 10.6 Å². The SMILES string of the molecule is C[C@H](NC[C@@H]1CCCNC1)c1cccc(Cl)c1. The normalized spacial score (nSPS) is 22.4. The van der Waals surface area contributed by atoms with E-state index in [1.165, 1.54) is 24.9 Å². The summed E-state index contributed by atoms with van der Waals surface area (Å²) in [5, 5.41) is 7.86. The Kier molecular flexibility index (Phi) is 4.84. The Morgan fingerprint density at radius 2 is 2.41 bits per heavy atom. The first kappa shape index (κ1) is 12.9. The summed E-state index contributed by atoms with van der Waals surface area (Å²) in [5.41, 5.74) is 1.27. The number of halogens is 1. The molecule has 0 bridgehead atoms. The largest absolute Gasteiger partial charge is 0.316 e. The quantitative estimate of drug-likeness (QED) is 0.861. The number of hydrogen-bond acceptors (Lipinski definition) is 2. The Hall–Kier alpha value is -0.570. The predicted molar refractivity (Wildman–Crippen MR) is 73.5 cm³/mol. The van der Waals surface area contributed by atoms with Crippen LogP contribution in [0.1, 0.15) is 31.4 Å². The minimum Gasteiger partial charge on any atom is -0.316 e. The third-order valence-electron chi connectivity index (χ3n) is 3.46. The number of nitrogens with one attached hydrogen (secondary N) is 2. The summed E-state index contributed by atoms with van der Waals surface area (Å²) in [6, 6.07) is 8.47. The summed E-state index contributed by atoms with van der Waals surface area (Å²) < 4.78 is 0. The number of piperidine rings is 1. The molecule has 2 rings (SSSR count). The standard InChI is InChI=1S/C14H21ClN2/c1-11(13-5-2-6-14(15)8-13)17-10-12-4-3-7-16-9-12/h2,5-6,8,11-12,16-17H,3-4,7,9-10H2,1H3/t11-,12+/m0/s1. The fourth-order valence-corrected chi connectivity index (χ4v) is 2.53. The van der Waals surface area contributed by atoms with Crippen LogP contribution in [0, 0.1) is 5.92 Å². The van der Waals surface area contributed by atoms with Gasteiger partial charge in [-0.3, -0.25) is 0 Å². The van der Waals surface area contributed by atoms with Crippen molar-refractivity contribution in [2.75, 3.05) is 19.6 Å². The minimum absolute atomic E-state index is 0.371. The molecule has 1 aliphatic rings. The van der Waals surface area contributed by atoms with Crippen molar-refractivity contribution in [2.24, 2.45) is 5.92 Å². The van der Waals surface area contributed by atoms with Gasteiger partial charge >= 0.3 is 0 Å². The zero-order valence-electron chi connectivity index (χ0n) is 10.4. The predicted octanol–water partition coefficient (Wildman–Crippen LogP) is 2.99. The molecule has 1 heterocycles. The van der Waals surface area contributed by atoms with Crippen LogP contribution in [0.2, 0.25) is 5.02 Å². The molecular formula is C14H21ClN2. The third-order valence-corrected chi connectivity index (χ3v) is 3.70. The highest BCUT2D eigenvalue weighted by molar-refractivity contribution is 6.30. The van der Waals surface area contributed by atoms with E-state index in [0.717, 1.165) is 24.0 Å². The van der Waals surface area contributed by atoms with Gasteiger partial charge in [-0.1, -0.05) is 23.7 Å². The summed E-state index contributed by atoms with van der Waals surface area (Å²) in [4.78, 5) is 0. The van der Waals surface area contributed by atoms with Crippen LogP contribution in [0.15, 0.2) is 24.3 Å². The molecular weight excluding hydrogens is 232 g/mol. The van der Waals surface area contributed by atoms with E-state index in [4.69, 9.17) is 11.6 Å². The average Bonchev–Trinajstić information content (AvgIpc) is 2.37. The number of benzene rings is 1. The first-order valence-corrected chi connectivity index (χ1v) is 6.83. The molecule has 2 N–H and O–H groups in total. The lowest BCUT2D eigenvalue weighted by atomic mass is 9.99. The van der Waals surface area contributed by atoms with Gasteiger partial charge in [-0.15, -0.1) is 0 Å². The van der Waals surface area contributed by atoms with Crippen LogP contribution in [0.25, 0.3) is 0 Å². The van der Waals surface area contributed by atoms with Crippen molar-refractivity contribution >= 4 is 11.6 Å². The lowest BCUT2D eigenvalue weighted by Crippen LogP contribution is -2.36. The fourth-order valence-electron chi connectivity index (χ4n) is 2.34. The van der Waals surface area contributed by atoms with Gasteiger partial charge in [0.05, 0.1) is 0 Å². The highest BCUT2D eigenvalue weighted by Gasteiger charge is 2.14. The maximum atomic E-state index is 6.00. The van der Waals surface area contributed by atoms with Crippen molar-refractivity contribution in [1.29, 1.82) is 0 Å². The summed E-state index contributed by atoms with van der Waals surface area (Å²) >= 11 is 6.00. The van der Waals surface area contributed by atoms with E-state index in [-0.39, 0.29) is 0 Å². The molecule has 94 valence electrons. The molecule has 17 heavy (non-hydrogen) atoms. The van der Waals surface area contributed by atoms with Crippen LogP contribution in [-0.4, -0.2) is 19.6 Å². The lowest BCUT2D eigenvalue weighted by Gasteiger charge is -2.25. The molecule has 3 heteroatoms. The second-order valence-electron chi connectivity index (χ2n) is 4.90. The Balaban J connectivity index is 1.82. The van der Waals surface area contributed by atoms with Crippen molar-refractivity contribution < 1.29 is 0 Å². The Labute approximate surface area is 109 Å². The van der Waals surface area contributed by atoms with E-state index in [9.17, 15) is 0 Å². The molecule has 2 nitrogen and oxygen atoms in total. The van der Waals surface area contributed by atoms with E-state index in [0.29, 0.717) is 6.04 Å². The first-order chi connectivity index (χ1) is 8.25. The summed E-state index contributed by atoms with van der Waals surface area (Å²) in [6.07, 6.45) is 2.64. The second-order valence-corrected chi connectivity index (χ2v) is 5.33. The van der Waals surface area contributed by atoms with Crippen LogP contribution in [0.5, 0.6) is 0 Å². The Morgan fingerprint density at radius 3 is 3.12 bits per heavy atom. The van der Waals surface area contributed by atoms with Gasteiger partial charge in [-0.25, -0.2) is 0 Å². The zero-order valence-corrected chi connectivity index (χ0v) is 11.1. The Morgan fingerprint density at radius 1 is 1.53 bits per heavy atom. The zero-order chi connectivity index (χ0) is 12.1. The van der Waals surface area contributed by atoms with Crippen LogP contribution in [0.4, 0.5) is 0 Å². The highest BCUT2D eigenvalue weighted by Crippen LogP contribution is 2.18. The van der Waals surface area contributed by atoms with Crippen LogP contribution in [0.3, 0.4) is 0 Å². The lowest BCUT2D eigenvalue weighted by molar-refractivity contribution is 0.348. The fraction of sp³-hybridized carbons (Fsp3) is 0.571. The maximum absolute atomic E-state index is 6.00. The number of rotatable bonds is 4. The van der Waals surface area contributed by atoms with Gasteiger partial charge in [-0.2, -0.15) is 0 Å². The van der Waals surface area contributed by atoms with E-state index >= 15 is 0 Å². The van der Waals surface area contributed by atoms with E-state index in [2.05, 4.69) is 23.6 Å². The molecule has 1 saturated heterocycles. The summed E-state index contributed by atoms with van der Waals surface area (Å²) in [5.74, 6) is 0.769. The topological polar surface area (TPSA) is 24.1 Å². The molecule has 0 aromatic heterocycles. The molecule has 0 aliphatic carbocycles. The van der Waals surface area contributed by atoms with Gasteiger partial charge in [-0.05, 0) is 63.0 Å². The van der Waals surface area contributed by atoms with Gasteiger partial charge in [0.1, 0.15) is 0 Å². The van der Waals surface area contributed by atoms with Crippen LogP contribution >= 0.6 is 11.6 Å². The molecule has 0 amide bonds. The highest BCUT2D eigenvalue weighted by atomic mass is 35.5. The van der Waals surface area contributed by atoms with Gasteiger partial charge in [0.2, 0.25) is 0 Å². The molecule has 2 atom stereocenters. The first-order valence-electron chi connectivity index (χ1n) is 6.45. The molecule has 1 aromatic carbocycles. The van der Waals surface area contributed by atoms with Crippen molar-refractivity contribution in [3.8, 4) is 0 Å². The number of hydrogen-bond donors (Lipinski definition) is 2. The van der Waals surface area contributed by atoms with E-state index < -0.39 is 0 Å². The van der Waals surface area contributed by atoms with Gasteiger partial charge in [0.15, 0.2) is 0 Å². The van der Waals surface area contributed by atoms with Crippen LogP contribution in [-0.2, 0) is 0 Å². The Bertz CT molecular complexity index is 348. The smallest absolute Gasteiger partial charge is 0.0409 e. The molecule has 1 fully saturated rings. The molecule has 0 unspecified atom stereocenters. The molecule has 1 aliphatic heterocycles. The average molecular weight is 253 g/mol. The van der Waals surface area contributed by atoms with Crippen molar-refractivity contribution in [3.63, 3.8) is 0 Å². The van der Waals surface area contributed by atoms with Gasteiger partial charge in [0.25, 0.3) is 0 Å². The third kappa shape index (κ3) is 3.98. The van der Waals surface area contributed by atoms with E-state index in [1.54, 1.807) is 0 Å². The molecule has 0 radical (unpaired) electrons. The maximum Gasteiger partial charge on any atom is 0.0409 e. The molecule has 0 saturated carbocycles.